The Hall–Kier alpha value is -2.48. The molecular weight excluding hydrogens is 392 g/mol. The molecule has 0 saturated heterocycles. The van der Waals surface area contributed by atoms with Gasteiger partial charge in [-0.25, -0.2) is 0 Å². The second kappa shape index (κ2) is 10.9. The van der Waals surface area contributed by atoms with Crippen LogP contribution >= 0.6 is 0 Å². The first-order chi connectivity index (χ1) is 15.3. The van der Waals surface area contributed by atoms with Gasteiger partial charge in [0.2, 0.25) is 0 Å². The summed E-state index contributed by atoms with van der Waals surface area (Å²) in [5, 5.41) is 19.1. The molecule has 2 nitrogen and oxygen atoms in total. The van der Waals surface area contributed by atoms with Crippen LogP contribution in [0.1, 0.15) is 84.6 Å². The van der Waals surface area contributed by atoms with E-state index < -0.39 is 0 Å². The highest BCUT2D eigenvalue weighted by molar-refractivity contribution is 5.59. The quantitative estimate of drug-likeness (QED) is 0.349. The summed E-state index contributed by atoms with van der Waals surface area (Å²) in [5.41, 5.74) is 6.80. The van der Waals surface area contributed by atoms with E-state index in [2.05, 4.69) is 51.2 Å². The van der Waals surface area contributed by atoms with Crippen LogP contribution in [0.25, 0.3) is 6.08 Å². The number of benzene rings is 1. The molecule has 0 atom stereocenters. The van der Waals surface area contributed by atoms with E-state index in [1.165, 1.54) is 63.0 Å². The van der Waals surface area contributed by atoms with Gasteiger partial charge in [0.15, 0.2) is 11.5 Å². The normalized spacial score (nSPS) is 21.1. The first-order valence-electron chi connectivity index (χ1n) is 12.2. The van der Waals surface area contributed by atoms with Crippen molar-refractivity contribution in [3.63, 3.8) is 0 Å². The summed E-state index contributed by atoms with van der Waals surface area (Å²) in [6.45, 7) is 9.03. The van der Waals surface area contributed by atoms with Gasteiger partial charge >= 0.3 is 0 Å². The summed E-state index contributed by atoms with van der Waals surface area (Å²) in [7, 11) is 0. The van der Waals surface area contributed by atoms with Gasteiger partial charge in [-0.2, -0.15) is 0 Å². The number of rotatable bonds is 6. The van der Waals surface area contributed by atoms with Crippen molar-refractivity contribution < 1.29 is 10.2 Å². The Kier molecular flexibility index (Phi) is 8.23. The zero-order valence-electron chi connectivity index (χ0n) is 20.3. The minimum absolute atomic E-state index is 0.0936. The zero-order valence-corrected chi connectivity index (χ0v) is 20.3. The minimum atomic E-state index is -0.0939. The molecule has 0 radical (unpaired) electrons. The van der Waals surface area contributed by atoms with Crippen molar-refractivity contribution in [2.45, 2.75) is 79.1 Å². The molecule has 0 aromatic heterocycles. The van der Waals surface area contributed by atoms with Gasteiger partial charge in [-0.3, -0.25) is 0 Å². The van der Waals surface area contributed by atoms with Crippen LogP contribution in [0.5, 0.6) is 11.5 Å². The lowest BCUT2D eigenvalue weighted by Gasteiger charge is -2.38. The number of hydrogen-bond acceptors (Lipinski definition) is 2. The smallest absolute Gasteiger partial charge is 0.157 e. The molecule has 0 unspecified atom stereocenters. The van der Waals surface area contributed by atoms with Gasteiger partial charge in [0.05, 0.1) is 0 Å². The van der Waals surface area contributed by atoms with Gasteiger partial charge in [0.25, 0.3) is 0 Å². The van der Waals surface area contributed by atoms with E-state index in [1.807, 2.05) is 13.0 Å². The number of phenolic OH excluding ortho intramolecular Hbond substituents is 2. The molecule has 172 valence electrons. The molecule has 1 saturated carbocycles. The first-order valence-corrected chi connectivity index (χ1v) is 12.2. The molecule has 1 fully saturated rings. The third kappa shape index (κ3) is 6.51. The van der Waals surface area contributed by atoms with Crippen molar-refractivity contribution in [2.75, 3.05) is 0 Å². The van der Waals surface area contributed by atoms with Crippen molar-refractivity contribution in [2.24, 2.45) is 11.3 Å². The Balaban J connectivity index is 1.72. The molecule has 2 aliphatic rings. The van der Waals surface area contributed by atoms with Crippen molar-refractivity contribution in [3.8, 4) is 11.5 Å². The standard InChI is InChI=1S/C30H40O2/c1-22(10-8-11-23(2)20-24-16-18-28(31)29(32)21-24)15-17-27-26(14-9-19-30(27,3)4)25-12-6-5-7-13-25/h8,10-11,15-18,20-21,25,31-32H,5-7,9,12-14,19H2,1-4H3/b11-8+,17-15+,22-10+,23-20+. The van der Waals surface area contributed by atoms with E-state index in [-0.39, 0.29) is 16.9 Å². The summed E-state index contributed by atoms with van der Waals surface area (Å²) >= 11 is 0. The van der Waals surface area contributed by atoms with Crippen molar-refractivity contribution >= 4 is 6.08 Å². The minimum Gasteiger partial charge on any atom is -0.504 e. The lowest BCUT2D eigenvalue weighted by atomic mass is 9.67. The molecule has 0 aliphatic heterocycles. The van der Waals surface area contributed by atoms with E-state index in [4.69, 9.17) is 0 Å². The number of phenols is 2. The fourth-order valence-corrected chi connectivity index (χ4v) is 5.20. The van der Waals surface area contributed by atoms with E-state index in [0.717, 1.165) is 17.1 Å². The number of allylic oxidation sites excluding steroid dienone is 9. The maximum Gasteiger partial charge on any atom is 0.157 e. The molecule has 0 spiro atoms. The summed E-state index contributed by atoms with van der Waals surface area (Å²) in [4.78, 5) is 0. The Morgan fingerprint density at radius 1 is 0.938 bits per heavy atom. The second-order valence-electron chi connectivity index (χ2n) is 10.3. The maximum atomic E-state index is 9.65. The fraction of sp³-hybridized carbons (Fsp3) is 0.467. The average Bonchev–Trinajstić information content (AvgIpc) is 2.75. The van der Waals surface area contributed by atoms with Gasteiger partial charge in [-0.05, 0) is 80.6 Å². The Morgan fingerprint density at radius 3 is 2.41 bits per heavy atom. The van der Waals surface area contributed by atoms with Crippen LogP contribution in [-0.4, -0.2) is 10.2 Å². The van der Waals surface area contributed by atoms with Gasteiger partial charge in [0.1, 0.15) is 0 Å². The molecule has 0 heterocycles. The predicted octanol–water partition coefficient (Wildman–Crippen LogP) is 8.65. The van der Waals surface area contributed by atoms with Crippen molar-refractivity contribution in [1.29, 1.82) is 0 Å². The average molecular weight is 433 g/mol. The molecular formula is C30H40O2. The second-order valence-corrected chi connectivity index (χ2v) is 10.3. The van der Waals surface area contributed by atoms with E-state index in [1.54, 1.807) is 23.3 Å². The van der Waals surface area contributed by atoms with Crippen molar-refractivity contribution in [1.82, 2.24) is 0 Å². The highest BCUT2D eigenvalue weighted by atomic mass is 16.3. The lowest BCUT2D eigenvalue weighted by Crippen LogP contribution is -2.24. The highest BCUT2D eigenvalue weighted by Gasteiger charge is 2.31. The van der Waals surface area contributed by atoms with Crippen molar-refractivity contribution in [3.05, 3.63) is 76.4 Å². The third-order valence-corrected chi connectivity index (χ3v) is 7.05. The number of hydrogen-bond donors (Lipinski definition) is 2. The van der Waals surface area contributed by atoms with Gasteiger partial charge < -0.3 is 10.2 Å². The third-order valence-electron chi connectivity index (χ3n) is 7.05. The van der Waals surface area contributed by atoms with Gasteiger partial charge in [-0.1, -0.05) is 92.4 Å². The monoisotopic (exact) mass is 432 g/mol. The zero-order chi connectivity index (χ0) is 23.1. The molecule has 1 aromatic rings. The van der Waals surface area contributed by atoms with Crippen LogP contribution in [0.15, 0.2) is 70.9 Å². The molecule has 3 rings (SSSR count). The SMILES string of the molecule is CC(/C=C/C1=C(C2CCCCC2)CCCC1(C)C)=C\C=C\C(C)=C\c1ccc(O)c(O)c1. The van der Waals surface area contributed by atoms with Crippen LogP contribution < -0.4 is 0 Å². The Labute approximate surface area is 194 Å². The summed E-state index contributed by atoms with van der Waals surface area (Å²) in [6, 6.07) is 4.87. The van der Waals surface area contributed by atoms with E-state index in [9.17, 15) is 10.2 Å². The number of aromatic hydroxyl groups is 2. The topological polar surface area (TPSA) is 40.5 Å². The van der Waals surface area contributed by atoms with Gasteiger partial charge in [-0.15, -0.1) is 0 Å². The largest absolute Gasteiger partial charge is 0.504 e. The molecule has 0 bridgehead atoms. The molecule has 2 aliphatic carbocycles. The van der Waals surface area contributed by atoms with Crippen LogP contribution in [0.2, 0.25) is 0 Å². The Bertz CT molecular complexity index is 947. The molecule has 1 aromatic carbocycles. The highest BCUT2D eigenvalue weighted by Crippen LogP contribution is 2.46. The van der Waals surface area contributed by atoms with Crippen LogP contribution in [0.3, 0.4) is 0 Å². The van der Waals surface area contributed by atoms with Crippen LogP contribution in [-0.2, 0) is 0 Å². The summed E-state index contributed by atoms with van der Waals surface area (Å²) in [6.07, 6.45) is 23.8. The summed E-state index contributed by atoms with van der Waals surface area (Å²) < 4.78 is 0. The fourth-order valence-electron chi connectivity index (χ4n) is 5.20. The summed E-state index contributed by atoms with van der Waals surface area (Å²) in [5.74, 6) is 0.617. The maximum absolute atomic E-state index is 9.65. The first kappa shape index (κ1) is 24.2. The molecule has 32 heavy (non-hydrogen) atoms. The van der Waals surface area contributed by atoms with Crippen LogP contribution in [0.4, 0.5) is 0 Å². The molecule has 0 amide bonds. The molecule has 2 N–H and O–H groups in total. The lowest BCUT2D eigenvalue weighted by molar-refractivity contribution is 0.330. The van der Waals surface area contributed by atoms with Gasteiger partial charge in [0, 0.05) is 0 Å². The Morgan fingerprint density at radius 2 is 1.69 bits per heavy atom. The van der Waals surface area contributed by atoms with E-state index >= 15 is 0 Å². The van der Waals surface area contributed by atoms with Crippen LogP contribution in [0, 0.1) is 11.3 Å². The predicted molar refractivity (Wildman–Crippen MR) is 137 cm³/mol. The van der Waals surface area contributed by atoms with E-state index in [0.29, 0.717) is 0 Å². The molecule has 2 heteroatoms.